The van der Waals surface area contributed by atoms with E-state index in [0.717, 1.165) is 16.5 Å². The lowest BCUT2D eigenvalue weighted by Crippen LogP contribution is -2.36. The Labute approximate surface area is 112 Å². The van der Waals surface area contributed by atoms with Crippen LogP contribution in [-0.4, -0.2) is 17.8 Å². The molecule has 3 nitrogen and oxygen atoms in total. The molecule has 0 aliphatic rings. The molecular weight excluding hydrogens is 250 g/mol. The van der Waals surface area contributed by atoms with Crippen LogP contribution in [-0.2, 0) is 6.54 Å². The molecule has 1 aromatic heterocycles. The van der Waals surface area contributed by atoms with E-state index in [1.54, 1.807) is 0 Å². The van der Waals surface area contributed by atoms with Gasteiger partial charge in [0.05, 0.1) is 6.61 Å². The number of hydrogen-bond donors (Lipinski definition) is 2. The van der Waals surface area contributed by atoms with E-state index < -0.39 is 0 Å². The van der Waals surface area contributed by atoms with Crippen molar-refractivity contribution < 1.29 is 9.52 Å². The molecule has 1 heterocycles. The van der Waals surface area contributed by atoms with Crippen LogP contribution in [0.15, 0.2) is 28.7 Å². The molecule has 4 heteroatoms. The van der Waals surface area contributed by atoms with Gasteiger partial charge in [-0.2, -0.15) is 0 Å². The third-order valence-corrected chi connectivity index (χ3v) is 3.50. The molecule has 18 heavy (non-hydrogen) atoms. The molecule has 2 aromatic rings. The van der Waals surface area contributed by atoms with Crippen LogP contribution in [0, 0.1) is 5.92 Å². The van der Waals surface area contributed by atoms with Gasteiger partial charge in [-0.25, -0.2) is 0 Å². The Morgan fingerprint density at radius 3 is 2.72 bits per heavy atom. The molecule has 0 bridgehead atoms. The fourth-order valence-electron chi connectivity index (χ4n) is 1.98. The highest BCUT2D eigenvalue weighted by atomic mass is 35.5. The predicted molar refractivity (Wildman–Crippen MR) is 73.8 cm³/mol. The lowest BCUT2D eigenvalue weighted by atomic mass is 10.0. The van der Waals surface area contributed by atoms with Crippen LogP contribution in [0.2, 0.25) is 5.22 Å². The maximum atomic E-state index is 9.29. The van der Waals surface area contributed by atoms with Gasteiger partial charge >= 0.3 is 0 Å². The van der Waals surface area contributed by atoms with E-state index in [1.807, 2.05) is 24.3 Å². The number of rotatable bonds is 5. The molecule has 0 spiro atoms. The molecule has 98 valence electrons. The molecule has 0 saturated heterocycles. The van der Waals surface area contributed by atoms with E-state index in [4.69, 9.17) is 16.0 Å². The zero-order chi connectivity index (χ0) is 13.1. The maximum absolute atomic E-state index is 9.29. The van der Waals surface area contributed by atoms with Gasteiger partial charge in [0.2, 0.25) is 0 Å². The SMILES string of the molecule is CC(C)[C@@H](CO)NCc1c(Cl)oc2ccccc12. The standard InChI is InChI=1S/C14H18ClNO2/c1-9(2)12(8-17)16-7-11-10-5-3-4-6-13(10)18-14(11)15/h3-6,9,12,16-17H,7-8H2,1-2H3/t12-/m1/s1. The highest BCUT2D eigenvalue weighted by Gasteiger charge is 2.15. The van der Waals surface area contributed by atoms with E-state index in [1.165, 1.54) is 0 Å². The Hall–Kier alpha value is -1.03. The average molecular weight is 268 g/mol. The molecule has 1 aromatic carbocycles. The second kappa shape index (κ2) is 5.74. The molecule has 0 fully saturated rings. The Bertz CT molecular complexity index is 521. The number of hydrogen-bond acceptors (Lipinski definition) is 3. The Kier molecular flexibility index (Phi) is 4.27. The van der Waals surface area contributed by atoms with E-state index >= 15 is 0 Å². The smallest absolute Gasteiger partial charge is 0.199 e. The summed E-state index contributed by atoms with van der Waals surface area (Å²) in [6.07, 6.45) is 0. The van der Waals surface area contributed by atoms with Gasteiger partial charge in [-0.3, -0.25) is 0 Å². The van der Waals surface area contributed by atoms with Gasteiger partial charge in [0.15, 0.2) is 5.22 Å². The lowest BCUT2D eigenvalue weighted by Gasteiger charge is -2.19. The van der Waals surface area contributed by atoms with Gasteiger partial charge in [0.25, 0.3) is 0 Å². The minimum Gasteiger partial charge on any atom is -0.444 e. The molecule has 1 atom stereocenters. The maximum Gasteiger partial charge on any atom is 0.199 e. The number of benzene rings is 1. The zero-order valence-electron chi connectivity index (χ0n) is 10.6. The van der Waals surface area contributed by atoms with Crippen molar-refractivity contribution in [3.8, 4) is 0 Å². The summed E-state index contributed by atoms with van der Waals surface area (Å²) in [6, 6.07) is 7.84. The van der Waals surface area contributed by atoms with Gasteiger partial charge in [-0.15, -0.1) is 0 Å². The van der Waals surface area contributed by atoms with Crippen LogP contribution in [0.4, 0.5) is 0 Å². The fourth-order valence-corrected chi connectivity index (χ4v) is 2.23. The van der Waals surface area contributed by atoms with Crippen LogP contribution in [0.25, 0.3) is 11.0 Å². The first-order valence-corrected chi connectivity index (χ1v) is 6.51. The molecule has 0 saturated carbocycles. The third-order valence-electron chi connectivity index (χ3n) is 3.19. The lowest BCUT2D eigenvalue weighted by molar-refractivity contribution is 0.210. The first-order chi connectivity index (χ1) is 8.63. The molecule has 0 amide bonds. The fraction of sp³-hybridized carbons (Fsp3) is 0.429. The van der Waals surface area contributed by atoms with E-state index in [2.05, 4.69) is 19.2 Å². The van der Waals surface area contributed by atoms with Crippen LogP contribution in [0.5, 0.6) is 0 Å². The van der Waals surface area contributed by atoms with Crippen molar-refractivity contribution in [1.29, 1.82) is 0 Å². The van der Waals surface area contributed by atoms with E-state index in [-0.39, 0.29) is 12.6 Å². The van der Waals surface area contributed by atoms with E-state index in [9.17, 15) is 5.11 Å². The number of para-hydroxylation sites is 1. The van der Waals surface area contributed by atoms with Crippen molar-refractivity contribution in [3.05, 3.63) is 35.0 Å². The molecule has 0 radical (unpaired) electrons. The average Bonchev–Trinajstić information content (AvgIpc) is 2.66. The largest absolute Gasteiger partial charge is 0.444 e. The molecule has 2 rings (SSSR count). The van der Waals surface area contributed by atoms with Gasteiger partial charge in [0.1, 0.15) is 5.58 Å². The number of nitrogens with one attached hydrogen (secondary N) is 1. The Morgan fingerprint density at radius 2 is 2.06 bits per heavy atom. The number of aliphatic hydroxyl groups is 1. The van der Waals surface area contributed by atoms with Gasteiger partial charge in [-0.1, -0.05) is 32.0 Å². The van der Waals surface area contributed by atoms with Crippen LogP contribution >= 0.6 is 11.6 Å². The summed E-state index contributed by atoms with van der Waals surface area (Å²) in [4.78, 5) is 0. The topological polar surface area (TPSA) is 45.4 Å². The first-order valence-electron chi connectivity index (χ1n) is 6.13. The Balaban J connectivity index is 2.19. The van der Waals surface area contributed by atoms with Crippen molar-refractivity contribution in [2.24, 2.45) is 5.92 Å². The molecule has 0 aliphatic carbocycles. The second-order valence-electron chi connectivity index (χ2n) is 4.76. The van der Waals surface area contributed by atoms with Crippen LogP contribution < -0.4 is 5.32 Å². The number of furan rings is 1. The predicted octanol–water partition coefficient (Wildman–Crippen LogP) is 3.19. The highest BCUT2D eigenvalue weighted by Crippen LogP contribution is 2.29. The highest BCUT2D eigenvalue weighted by molar-refractivity contribution is 6.30. The summed E-state index contributed by atoms with van der Waals surface area (Å²) in [6.45, 7) is 4.86. The van der Waals surface area contributed by atoms with Crippen molar-refractivity contribution in [2.75, 3.05) is 6.61 Å². The van der Waals surface area contributed by atoms with Crippen molar-refractivity contribution in [2.45, 2.75) is 26.4 Å². The van der Waals surface area contributed by atoms with Crippen molar-refractivity contribution in [1.82, 2.24) is 5.32 Å². The number of halogens is 1. The quantitative estimate of drug-likeness (QED) is 0.875. The number of fused-ring (bicyclic) bond motifs is 1. The van der Waals surface area contributed by atoms with Gasteiger partial charge in [0, 0.05) is 23.5 Å². The molecule has 0 unspecified atom stereocenters. The first kappa shape index (κ1) is 13.4. The minimum atomic E-state index is 0.0646. The molecular formula is C14H18ClNO2. The third kappa shape index (κ3) is 2.69. The molecule has 0 aliphatic heterocycles. The van der Waals surface area contributed by atoms with E-state index in [0.29, 0.717) is 17.7 Å². The second-order valence-corrected chi connectivity index (χ2v) is 5.11. The summed E-state index contributed by atoms with van der Waals surface area (Å²) in [5, 5.41) is 14.0. The van der Waals surface area contributed by atoms with Crippen LogP contribution in [0.3, 0.4) is 0 Å². The minimum absolute atomic E-state index is 0.0646. The summed E-state index contributed by atoms with van der Waals surface area (Å²) in [5.74, 6) is 0.368. The summed E-state index contributed by atoms with van der Waals surface area (Å²) in [7, 11) is 0. The Morgan fingerprint density at radius 1 is 1.33 bits per heavy atom. The monoisotopic (exact) mass is 267 g/mol. The van der Waals surface area contributed by atoms with Crippen LogP contribution in [0.1, 0.15) is 19.4 Å². The summed E-state index contributed by atoms with van der Waals surface area (Å²) < 4.78 is 5.49. The molecule has 2 N–H and O–H groups in total. The van der Waals surface area contributed by atoms with Gasteiger partial charge < -0.3 is 14.8 Å². The van der Waals surface area contributed by atoms with Crippen molar-refractivity contribution in [3.63, 3.8) is 0 Å². The normalized spacial score (nSPS) is 13.4. The number of aliphatic hydroxyl groups excluding tert-OH is 1. The van der Waals surface area contributed by atoms with Crippen molar-refractivity contribution >= 4 is 22.6 Å². The summed E-state index contributed by atoms with van der Waals surface area (Å²) in [5.41, 5.74) is 1.75. The summed E-state index contributed by atoms with van der Waals surface area (Å²) >= 11 is 6.10. The zero-order valence-corrected chi connectivity index (χ0v) is 11.4. The van der Waals surface area contributed by atoms with Gasteiger partial charge in [-0.05, 0) is 23.6 Å².